The summed E-state index contributed by atoms with van der Waals surface area (Å²) in [5.41, 5.74) is 2.72. The molecule has 1 aromatic heterocycles. The van der Waals surface area contributed by atoms with E-state index in [-0.39, 0.29) is 10.9 Å². The van der Waals surface area contributed by atoms with Gasteiger partial charge in [0.15, 0.2) is 0 Å². The number of aryl methyl sites for hydroxylation is 2. The summed E-state index contributed by atoms with van der Waals surface area (Å²) in [5.74, 6) is 0.508. The predicted molar refractivity (Wildman–Crippen MR) is 91.8 cm³/mol. The van der Waals surface area contributed by atoms with Gasteiger partial charge < -0.3 is 0 Å². The number of rotatable bonds is 6. The molecule has 0 radical (unpaired) electrons. The van der Waals surface area contributed by atoms with E-state index in [1.165, 1.54) is 16.4 Å². The van der Waals surface area contributed by atoms with E-state index in [0.717, 1.165) is 12.0 Å². The van der Waals surface area contributed by atoms with Crippen LogP contribution in [-0.2, 0) is 17.1 Å². The molecule has 23 heavy (non-hydrogen) atoms. The zero-order chi connectivity index (χ0) is 17.2. The van der Waals surface area contributed by atoms with Gasteiger partial charge in [0.2, 0.25) is 10.0 Å². The molecule has 1 heterocycles. The molecular formula is C17H25N3O2S. The predicted octanol–water partition coefficient (Wildman–Crippen LogP) is 3.28. The Labute approximate surface area is 138 Å². The maximum atomic E-state index is 12.5. The molecule has 1 aromatic carbocycles. The summed E-state index contributed by atoms with van der Waals surface area (Å²) in [6.07, 6.45) is 2.61. The molecule has 0 aliphatic carbocycles. The van der Waals surface area contributed by atoms with Crippen molar-refractivity contribution in [3.63, 3.8) is 0 Å². The quantitative estimate of drug-likeness (QED) is 0.881. The van der Waals surface area contributed by atoms with Crippen molar-refractivity contribution in [2.45, 2.75) is 51.0 Å². The van der Waals surface area contributed by atoms with Crippen molar-refractivity contribution in [3.8, 4) is 0 Å². The SMILES string of the molecule is CCC(C)c1ccc(C(C)NS(=O)(=O)c2cn(C)nc2C)cc1. The summed E-state index contributed by atoms with van der Waals surface area (Å²) in [4.78, 5) is 0.225. The zero-order valence-electron chi connectivity index (χ0n) is 14.4. The van der Waals surface area contributed by atoms with Crippen LogP contribution in [0.3, 0.4) is 0 Å². The molecule has 126 valence electrons. The molecule has 2 aromatic rings. The Hall–Kier alpha value is -1.66. The normalized spacial score (nSPS) is 14.7. The molecule has 5 nitrogen and oxygen atoms in total. The molecule has 0 saturated carbocycles. The lowest BCUT2D eigenvalue weighted by Gasteiger charge is -2.16. The van der Waals surface area contributed by atoms with E-state index < -0.39 is 10.0 Å². The van der Waals surface area contributed by atoms with Crippen molar-refractivity contribution in [2.24, 2.45) is 7.05 Å². The lowest BCUT2D eigenvalue weighted by molar-refractivity contribution is 0.566. The van der Waals surface area contributed by atoms with Crippen molar-refractivity contribution < 1.29 is 8.42 Å². The number of benzene rings is 1. The minimum absolute atomic E-state index is 0.225. The second-order valence-electron chi connectivity index (χ2n) is 6.07. The van der Waals surface area contributed by atoms with Crippen LogP contribution >= 0.6 is 0 Å². The van der Waals surface area contributed by atoms with Gasteiger partial charge in [-0.2, -0.15) is 5.10 Å². The minimum Gasteiger partial charge on any atom is -0.274 e. The van der Waals surface area contributed by atoms with Crippen molar-refractivity contribution in [1.82, 2.24) is 14.5 Å². The molecule has 0 saturated heterocycles. The van der Waals surface area contributed by atoms with Gasteiger partial charge in [0.1, 0.15) is 4.90 Å². The molecule has 2 unspecified atom stereocenters. The maximum absolute atomic E-state index is 12.5. The van der Waals surface area contributed by atoms with Crippen molar-refractivity contribution in [1.29, 1.82) is 0 Å². The Morgan fingerprint density at radius 3 is 2.22 bits per heavy atom. The minimum atomic E-state index is -3.58. The van der Waals surface area contributed by atoms with Crippen LogP contribution in [0.25, 0.3) is 0 Å². The molecule has 0 spiro atoms. The van der Waals surface area contributed by atoms with Crippen LogP contribution in [0, 0.1) is 6.92 Å². The van der Waals surface area contributed by atoms with Crippen LogP contribution in [0.1, 0.15) is 56.0 Å². The topological polar surface area (TPSA) is 64.0 Å². The molecule has 0 aliphatic heterocycles. The third-order valence-corrected chi connectivity index (χ3v) is 5.85. The van der Waals surface area contributed by atoms with Crippen LogP contribution in [-0.4, -0.2) is 18.2 Å². The first kappa shape index (κ1) is 17.7. The summed E-state index contributed by atoms with van der Waals surface area (Å²) in [7, 11) is -1.87. The number of nitrogens with one attached hydrogen (secondary N) is 1. The van der Waals surface area contributed by atoms with E-state index in [1.54, 1.807) is 14.0 Å². The van der Waals surface area contributed by atoms with Crippen molar-refractivity contribution in [2.75, 3.05) is 0 Å². The van der Waals surface area contributed by atoms with Crippen molar-refractivity contribution in [3.05, 3.63) is 47.3 Å². The molecule has 0 amide bonds. The number of nitrogens with zero attached hydrogens (tertiary/aromatic N) is 2. The van der Waals surface area contributed by atoms with E-state index in [2.05, 4.69) is 35.8 Å². The van der Waals surface area contributed by atoms with Gasteiger partial charge in [-0.15, -0.1) is 0 Å². The van der Waals surface area contributed by atoms with Gasteiger partial charge in [0, 0.05) is 19.3 Å². The lowest BCUT2D eigenvalue weighted by Crippen LogP contribution is -2.27. The monoisotopic (exact) mass is 335 g/mol. The fourth-order valence-corrected chi connectivity index (χ4v) is 4.00. The first-order chi connectivity index (χ1) is 10.7. The maximum Gasteiger partial charge on any atom is 0.244 e. The molecular weight excluding hydrogens is 310 g/mol. The van der Waals surface area contributed by atoms with Gasteiger partial charge >= 0.3 is 0 Å². The average molecular weight is 335 g/mol. The van der Waals surface area contributed by atoms with E-state index in [0.29, 0.717) is 11.6 Å². The second-order valence-corrected chi connectivity index (χ2v) is 7.75. The Balaban J connectivity index is 2.18. The molecule has 2 atom stereocenters. The summed E-state index contributed by atoms with van der Waals surface area (Å²) in [5, 5.41) is 4.10. The van der Waals surface area contributed by atoms with E-state index in [9.17, 15) is 8.42 Å². The molecule has 0 fully saturated rings. The van der Waals surface area contributed by atoms with E-state index in [4.69, 9.17) is 0 Å². The van der Waals surface area contributed by atoms with Crippen molar-refractivity contribution >= 4 is 10.0 Å². The van der Waals surface area contributed by atoms with Crippen LogP contribution in [0.15, 0.2) is 35.4 Å². The van der Waals surface area contributed by atoms with E-state index >= 15 is 0 Å². The average Bonchev–Trinajstić information content (AvgIpc) is 2.85. The standard InChI is InChI=1S/C17H25N3O2S/c1-6-12(2)15-7-9-16(10-8-15)13(3)19-23(21,22)17-11-20(5)18-14(17)4/h7-13,19H,6H2,1-5H3. The van der Waals surface area contributed by atoms with Gasteiger partial charge in [0.05, 0.1) is 5.69 Å². The fraction of sp³-hybridized carbons (Fsp3) is 0.471. The summed E-state index contributed by atoms with van der Waals surface area (Å²) in [6.45, 7) is 7.89. The van der Waals surface area contributed by atoms with E-state index in [1.807, 2.05) is 19.1 Å². The number of hydrogen-bond donors (Lipinski definition) is 1. The number of aromatic nitrogens is 2. The Morgan fingerprint density at radius 1 is 1.17 bits per heavy atom. The highest BCUT2D eigenvalue weighted by atomic mass is 32.2. The highest BCUT2D eigenvalue weighted by Crippen LogP contribution is 2.23. The number of hydrogen-bond acceptors (Lipinski definition) is 3. The van der Waals surface area contributed by atoms with Crippen LogP contribution in [0.2, 0.25) is 0 Å². The highest BCUT2D eigenvalue weighted by molar-refractivity contribution is 7.89. The van der Waals surface area contributed by atoms with Gasteiger partial charge in [-0.1, -0.05) is 38.1 Å². The van der Waals surface area contributed by atoms with Gasteiger partial charge in [0.25, 0.3) is 0 Å². The summed E-state index contributed by atoms with van der Waals surface area (Å²) in [6, 6.07) is 7.83. The molecule has 2 rings (SSSR count). The smallest absolute Gasteiger partial charge is 0.244 e. The van der Waals surface area contributed by atoms with Crippen LogP contribution in [0.5, 0.6) is 0 Å². The van der Waals surface area contributed by atoms with Gasteiger partial charge in [-0.05, 0) is 37.3 Å². The Bertz CT molecular complexity index is 764. The molecule has 1 N–H and O–H groups in total. The summed E-state index contributed by atoms with van der Waals surface area (Å²) >= 11 is 0. The van der Waals surface area contributed by atoms with Gasteiger partial charge in [-0.25, -0.2) is 13.1 Å². The van der Waals surface area contributed by atoms with Crippen LogP contribution in [0.4, 0.5) is 0 Å². The highest BCUT2D eigenvalue weighted by Gasteiger charge is 2.22. The number of sulfonamides is 1. The third-order valence-electron chi connectivity index (χ3n) is 4.21. The Morgan fingerprint density at radius 2 is 1.74 bits per heavy atom. The van der Waals surface area contributed by atoms with Gasteiger partial charge in [-0.3, -0.25) is 4.68 Å². The largest absolute Gasteiger partial charge is 0.274 e. The zero-order valence-corrected chi connectivity index (χ0v) is 15.2. The first-order valence-corrected chi connectivity index (χ1v) is 9.35. The fourth-order valence-electron chi connectivity index (χ4n) is 2.55. The Kier molecular flexibility index (Phi) is 5.26. The molecule has 6 heteroatoms. The lowest BCUT2D eigenvalue weighted by atomic mass is 9.96. The second kappa shape index (κ2) is 6.84. The van der Waals surface area contributed by atoms with Crippen LogP contribution < -0.4 is 4.72 Å². The molecule has 0 bridgehead atoms. The first-order valence-electron chi connectivity index (χ1n) is 7.87. The molecule has 0 aliphatic rings. The third kappa shape index (κ3) is 4.00. The summed E-state index contributed by atoms with van der Waals surface area (Å²) < 4.78 is 29.2.